The van der Waals surface area contributed by atoms with Gasteiger partial charge in [0.05, 0.1) is 0 Å². The van der Waals surface area contributed by atoms with Crippen LogP contribution in [0.3, 0.4) is 0 Å². The van der Waals surface area contributed by atoms with Gasteiger partial charge >= 0.3 is 0 Å². The molecule has 64 valence electrons. The largest absolute Gasteiger partial charge is 0.307 e. The molecule has 2 heteroatoms. The molecule has 1 nitrogen and oxygen atoms in total. The lowest BCUT2D eigenvalue weighted by Crippen LogP contribution is -2.50. The molecule has 0 unspecified atom stereocenters. The predicted molar refractivity (Wildman–Crippen MR) is 52.9 cm³/mol. The van der Waals surface area contributed by atoms with Crippen LogP contribution in [0.5, 0.6) is 0 Å². The van der Waals surface area contributed by atoms with Crippen molar-refractivity contribution in [1.82, 2.24) is 5.32 Å². The third-order valence-electron chi connectivity index (χ3n) is 2.64. The van der Waals surface area contributed by atoms with Gasteiger partial charge in [-0.1, -0.05) is 29.4 Å². The molecule has 0 bridgehead atoms. The molecule has 1 aliphatic rings. The van der Waals surface area contributed by atoms with Crippen molar-refractivity contribution in [3.63, 3.8) is 0 Å². The third kappa shape index (κ3) is 2.31. The van der Waals surface area contributed by atoms with E-state index in [9.17, 15) is 0 Å². The Morgan fingerprint density at radius 1 is 1.64 bits per heavy atom. The number of nitrogens with one attached hydrogen (secondary N) is 1. The summed E-state index contributed by atoms with van der Waals surface area (Å²) in [4.78, 5) is 0. The number of rotatable bonds is 4. The second-order valence-electron chi connectivity index (χ2n) is 3.36. The van der Waals surface area contributed by atoms with E-state index >= 15 is 0 Å². The minimum atomic E-state index is 0.455. The minimum Gasteiger partial charge on any atom is -0.307 e. The zero-order valence-corrected chi connectivity index (χ0v) is 8.71. The summed E-state index contributed by atoms with van der Waals surface area (Å²) < 4.78 is 1.05. The van der Waals surface area contributed by atoms with Crippen LogP contribution in [0.15, 0.2) is 11.1 Å². The van der Waals surface area contributed by atoms with Gasteiger partial charge < -0.3 is 5.32 Å². The van der Waals surface area contributed by atoms with Gasteiger partial charge in [0.25, 0.3) is 0 Å². The van der Waals surface area contributed by atoms with E-state index in [1.54, 1.807) is 0 Å². The van der Waals surface area contributed by atoms with Crippen molar-refractivity contribution in [3.05, 3.63) is 11.1 Å². The Kier molecular flexibility index (Phi) is 3.14. The second-order valence-corrected chi connectivity index (χ2v) is 4.48. The maximum Gasteiger partial charge on any atom is 0.0270 e. The lowest BCUT2D eigenvalue weighted by molar-refractivity contribution is 0.184. The van der Waals surface area contributed by atoms with Crippen LogP contribution in [0.2, 0.25) is 0 Å². The molecule has 1 rings (SSSR count). The standard InChI is InChI=1S/C9H16BrN/c1-3-9(5-4-6-9)11-7-8(2)10/h11H,2-7H2,1H3. The van der Waals surface area contributed by atoms with E-state index in [2.05, 4.69) is 34.7 Å². The first-order valence-corrected chi connectivity index (χ1v) is 5.06. The minimum absolute atomic E-state index is 0.455. The van der Waals surface area contributed by atoms with Crippen LogP contribution in [-0.2, 0) is 0 Å². The van der Waals surface area contributed by atoms with Gasteiger partial charge in [-0.05, 0) is 25.7 Å². The molecule has 1 fully saturated rings. The fourth-order valence-electron chi connectivity index (χ4n) is 1.54. The highest BCUT2D eigenvalue weighted by Crippen LogP contribution is 2.34. The lowest BCUT2D eigenvalue weighted by atomic mass is 9.75. The van der Waals surface area contributed by atoms with Gasteiger partial charge in [0.1, 0.15) is 0 Å². The lowest BCUT2D eigenvalue weighted by Gasteiger charge is -2.42. The average Bonchev–Trinajstić information content (AvgIpc) is 1.86. The fourth-order valence-corrected chi connectivity index (χ4v) is 1.68. The van der Waals surface area contributed by atoms with Gasteiger partial charge in [0.2, 0.25) is 0 Å². The number of hydrogen-bond acceptors (Lipinski definition) is 1. The molecule has 0 heterocycles. The Hall–Kier alpha value is 0.180. The highest BCUT2D eigenvalue weighted by atomic mass is 79.9. The molecule has 1 saturated carbocycles. The molecule has 1 aliphatic carbocycles. The first kappa shape index (κ1) is 9.27. The van der Waals surface area contributed by atoms with E-state index in [1.807, 2.05) is 0 Å². The van der Waals surface area contributed by atoms with Gasteiger partial charge in [0.15, 0.2) is 0 Å². The van der Waals surface area contributed by atoms with Gasteiger partial charge in [0, 0.05) is 16.6 Å². The molecular formula is C9H16BrN. The maximum atomic E-state index is 3.81. The molecule has 0 amide bonds. The Morgan fingerprint density at radius 3 is 2.55 bits per heavy atom. The van der Waals surface area contributed by atoms with Gasteiger partial charge in [-0.25, -0.2) is 0 Å². The molecule has 0 saturated heterocycles. The van der Waals surface area contributed by atoms with Crippen molar-refractivity contribution in [2.75, 3.05) is 6.54 Å². The summed E-state index contributed by atoms with van der Waals surface area (Å²) >= 11 is 3.35. The van der Waals surface area contributed by atoms with Crippen LogP contribution in [0.4, 0.5) is 0 Å². The maximum absolute atomic E-state index is 3.81. The van der Waals surface area contributed by atoms with Crippen molar-refractivity contribution < 1.29 is 0 Å². The Morgan fingerprint density at radius 2 is 2.27 bits per heavy atom. The Labute approximate surface area is 77.4 Å². The van der Waals surface area contributed by atoms with E-state index in [0.717, 1.165) is 11.0 Å². The molecule has 0 atom stereocenters. The first-order valence-electron chi connectivity index (χ1n) is 4.27. The van der Waals surface area contributed by atoms with E-state index < -0.39 is 0 Å². The highest BCUT2D eigenvalue weighted by molar-refractivity contribution is 9.11. The van der Waals surface area contributed by atoms with Crippen molar-refractivity contribution in [2.24, 2.45) is 0 Å². The molecule has 0 aromatic heterocycles. The summed E-state index contributed by atoms with van der Waals surface area (Å²) in [5, 5.41) is 3.54. The number of hydrogen-bond donors (Lipinski definition) is 1. The summed E-state index contributed by atoms with van der Waals surface area (Å²) in [6.07, 6.45) is 5.30. The van der Waals surface area contributed by atoms with Crippen LogP contribution in [0.1, 0.15) is 32.6 Å². The summed E-state index contributed by atoms with van der Waals surface area (Å²) in [6.45, 7) is 6.97. The topological polar surface area (TPSA) is 12.0 Å². The highest BCUT2D eigenvalue weighted by Gasteiger charge is 2.33. The van der Waals surface area contributed by atoms with Crippen LogP contribution in [0.25, 0.3) is 0 Å². The van der Waals surface area contributed by atoms with Crippen molar-refractivity contribution in [2.45, 2.75) is 38.1 Å². The first-order chi connectivity index (χ1) is 5.18. The SMILES string of the molecule is C=C(Br)CNC1(CC)CCC1. The molecular weight excluding hydrogens is 202 g/mol. The van der Waals surface area contributed by atoms with E-state index in [1.165, 1.54) is 25.7 Å². The van der Waals surface area contributed by atoms with E-state index in [-0.39, 0.29) is 0 Å². The summed E-state index contributed by atoms with van der Waals surface area (Å²) in [6, 6.07) is 0. The Balaban J connectivity index is 2.27. The monoisotopic (exact) mass is 217 g/mol. The van der Waals surface area contributed by atoms with Crippen LogP contribution < -0.4 is 5.32 Å². The van der Waals surface area contributed by atoms with E-state index in [0.29, 0.717) is 5.54 Å². The smallest absolute Gasteiger partial charge is 0.0270 e. The average molecular weight is 218 g/mol. The van der Waals surface area contributed by atoms with Gasteiger partial charge in [-0.15, -0.1) is 0 Å². The zero-order chi connectivity index (χ0) is 8.32. The van der Waals surface area contributed by atoms with Crippen molar-refractivity contribution in [3.8, 4) is 0 Å². The Bertz CT molecular complexity index is 144. The molecule has 0 aromatic rings. The summed E-state index contributed by atoms with van der Waals surface area (Å²) in [5.74, 6) is 0. The normalized spacial score (nSPS) is 20.9. The van der Waals surface area contributed by atoms with E-state index in [4.69, 9.17) is 0 Å². The summed E-state index contributed by atoms with van der Waals surface area (Å²) in [7, 11) is 0. The molecule has 1 N–H and O–H groups in total. The van der Waals surface area contributed by atoms with Crippen molar-refractivity contribution in [1.29, 1.82) is 0 Å². The molecule has 0 radical (unpaired) electrons. The van der Waals surface area contributed by atoms with Gasteiger partial charge in [-0.2, -0.15) is 0 Å². The summed E-state index contributed by atoms with van der Waals surface area (Å²) in [5.41, 5.74) is 0.455. The van der Waals surface area contributed by atoms with Crippen LogP contribution in [-0.4, -0.2) is 12.1 Å². The molecule has 0 aromatic carbocycles. The van der Waals surface area contributed by atoms with Crippen molar-refractivity contribution >= 4 is 15.9 Å². The fraction of sp³-hybridized carbons (Fsp3) is 0.778. The molecule has 0 aliphatic heterocycles. The molecule has 0 spiro atoms. The predicted octanol–water partition coefficient (Wildman–Crippen LogP) is 2.82. The van der Waals surface area contributed by atoms with Crippen LogP contribution >= 0.6 is 15.9 Å². The van der Waals surface area contributed by atoms with Gasteiger partial charge in [-0.3, -0.25) is 0 Å². The third-order valence-corrected chi connectivity index (χ3v) is 2.92. The van der Waals surface area contributed by atoms with Crippen LogP contribution in [0, 0.1) is 0 Å². The second kappa shape index (κ2) is 3.72. The quantitative estimate of drug-likeness (QED) is 0.765. The number of halogens is 1. The zero-order valence-electron chi connectivity index (χ0n) is 7.12. The molecule has 11 heavy (non-hydrogen) atoms.